The van der Waals surface area contributed by atoms with Gasteiger partial charge >= 0.3 is 0 Å². The van der Waals surface area contributed by atoms with Crippen LogP contribution in [0.5, 0.6) is 0 Å². The summed E-state index contributed by atoms with van der Waals surface area (Å²) in [5.74, 6) is 5.61. The van der Waals surface area contributed by atoms with Crippen molar-refractivity contribution >= 4 is 14.1 Å². The summed E-state index contributed by atoms with van der Waals surface area (Å²) < 4.78 is 6.44. The molecule has 25 heavy (non-hydrogen) atoms. The molecule has 0 heterocycles. The van der Waals surface area contributed by atoms with Crippen molar-refractivity contribution in [2.45, 2.75) is 77.4 Å². The summed E-state index contributed by atoms with van der Waals surface area (Å²) in [5.41, 5.74) is 0.654. The Morgan fingerprint density at radius 2 is 1.44 bits per heavy atom. The van der Waals surface area contributed by atoms with E-state index >= 15 is 0 Å². The van der Waals surface area contributed by atoms with E-state index in [0.29, 0.717) is 12.2 Å². The van der Waals surface area contributed by atoms with Crippen LogP contribution >= 0.6 is 0 Å². The molecular weight excluding hydrogens is 324 g/mol. The number of benzene rings is 1. The van der Waals surface area contributed by atoms with Gasteiger partial charge < -0.3 is 4.43 Å². The maximum Gasteiger partial charge on any atom is 0.235 e. The van der Waals surface area contributed by atoms with Crippen LogP contribution in [0.4, 0.5) is 0 Å². The Morgan fingerprint density at radius 1 is 0.920 bits per heavy atom. The molecule has 3 heteroatoms. The molecule has 0 aliphatic carbocycles. The highest BCUT2D eigenvalue weighted by Gasteiger charge is 2.32. The fourth-order valence-electron chi connectivity index (χ4n) is 3.06. The predicted octanol–water partition coefficient (Wildman–Crippen LogP) is 6.24. The lowest BCUT2D eigenvalue weighted by Crippen LogP contribution is -2.38. The summed E-state index contributed by atoms with van der Waals surface area (Å²) in [4.78, 5) is 12.1. The van der Waals surface area contributed by atoms with Crippen LogP contribution in [0, 0.1) is 11.8 Å². The second-order valence-corrected chi connectivity index (χ2v) is 10.9. The molecule has 1 rings (SSSR count). The molecule has 0 fully saturated rings. The average molecular weight is 359 g/mol. The van der Waals surface area contributed by atoms with Gasteiger partial charge in [0, 0.05) is 5.56 Å². The van der Waals surface area contributed by atoms with Crippen molar-refractivity contribution in [3.8, 4) is 11.8 Å². The molecule has 1 aromatic rings. The lowest BCUT2D eigenvalue weighted by atomic mass is 10.1. The van der Waals surface area contributed by atoms with Crippen LogP contribution in [0.1, 0.15) is 69.7 Å². The van der Waals surface area contributed by atoms with Crippen molar-refractivity contribution in [3.05, 3.63) is 35.9 Å². The van der Waals surface area contributed by atoms with Crippen LogP contribution < -0.4 is 0 Å². The highest BCUT2D eigenvalue weighted by Crippen LogP contribution is 2.29. The van der Waals surface area contributed by atoms with Crippen molar-refractivity contribution in [2.75, 3.05) is 6.61 Å². The lowest BCUT2D eigenvalue weighted by Gasteiger charge is -2.31. The standard InChI is InChI=1S/C22H34O2Si/c1-4-7-18-25(19-8-5-2,20-9-6-3)24-17-13-16-22(23)21-14-11-10-12-15-21/h10-12,14-15H,4-9,17-20H2,1-3H3. The number of carbonyl (C=O) groups excluding carboxylic acids is 1. The summed E-state index contributed by atoms with van der Waals surface area (Å²) in [6, 6.07) is 12.9. The molecule has 0 unspecified atom stereocenters. The summed E-state index contributed by atoms with van der Waals surface area (Å²) in [7, 11) is -1.72. The third-order valence-electron chi connectivity index (χ3n) is 4.65. The van der Waals surface area contributed by atoms with Crippen molar-refractivity contribution < 1.29 is 9.22 Å². The van der Waals surface area contributed by atoms with Gasteiger partial charge in [0.05, 0.1) is 6.61 Å². The van der Waals surface area contributed by atoms with Gasteiger partial charge in [0.1, 0.15) is 0 Å². The lowest BCUT2D eigenvalue weighted by molar-refractivity contribution is 0.105. The summed E-state index contributed by atoms with van der Waals surface area (Å²) in [6.45, 7) is 7.15. The maximum absolute atomic E-state index is 12.1. The minimum Gasteiger partial charge on any atom is -0.406 e. The summed E-state index contributed by atoms with van der Waals surface area (Å²) in [5, 5.41) is 0. The minimum atomic E-state index is -1.72. The molecule has 0 aromatic heterocycles. The Bertz CT molecular complexity index is 520. The number of unbranched alkanes of at least 4 members (excludes halogenated alkanes) is 3. The van der Waals surface area contributed by atoms with Gasteiger partial charge in [-0.3, -0.25) is 4.79 Å². The van der Waals surface area contributed by atoms with Gasteiger partial charge in [-0.15, -0.1) is 0 Å². The Balaban J connectivity index is 2.69. The van der Waals surface area contributed by atoms with Gasteiger partial charge in [0.15, 0.2) is 8.32 Å². The molecule has 0 amide bonds. The first-order valence-electron chi connectivity index (χ1n) is 9.89. The first-order chi connectivity index (χ1) is 12.2. The number of Topliss-reactive ketones (excluding diaryl/α,β-unsaturated/α-hetero) is 1. The van der Waals surface area contributed by atoms with E-state index in [-0.39, 0.29) is 5.78 Å². The van der Waals surface area contributed by atoms with Gasteiger partial charge in [0.25, 0.3) is 0 Å². The predicted molar refractivity (Wildman–Crippen MR) is 109 cm³/mol. The van der Waals surface area contributed by atoms with E-state index in [1.54, 1.807) is 12.1 Å². The number of ketones is 1. The van der Waals surface area contributed by atoms with Gasteiger partial charge in [0.2, 0.25) is 5.78 Å². The molecule has 0 saturated heterocycles. The van der Waals surface area contributed by atoms with E-state index in [4.69, 9.17) is 4.43 Å². The van der Waals surface area contributed by atoms with E-state index < -0.39 is 8.32 Å². The third kappa shape index (κ3) is 8.51. The molecule has 138 valence electrons. The SMILES string of the molecule is CCCC[Si](CCCC)(CCCC)OCC#CC(=O)c1ccccc1. The van der Waals surface area contributed by atoms with Crippen LogP contribution in [-0.4, -0.2) is 20.7 Å². The highest BCUT2D eigenvalue weighted by molar-refractivity contribution is 6.73. The number of carbonyl (C=O) groups is 1. The van der Waals surface area contributed by atoms with Crippen molar-refractivity contribution in [1.82, 2.24) is 0 Å². The minimum absolute atomic E-state index is 0.118. The first-order valence-corrected chi connectivity index (χ1v) is 12.4. The third-order valence-corrected chi connectivity index (χ3v) is 9.20. The summed E-state index contributed by atoms with van der Waals surface area (Å²) in [6.07, 6.45) is 7.39. The molecule has 0 radical (unpaired) electrons. The molecule has 2 nitrogen and oxygen atoms in total. The van der Waals surface area contributed by atoms with Crippen LogP contribution in [0.3, 0.4) is 0 Å². The zero-order valence-corrected chi connectivity index (χ0v) is 17.3. The molecule has 0 bridgehead atoms. The second-order valence-electron chi connectivity index (χ2n) is 6.78. The van der Waals surface area contributed by atoms with E-state index in [0.717, 1.165) is 0 Å². The highest BCUT2D eigenvalue weighted by atomic mass is 28.4. The number of hydrogen-bond donors (Lipinski definition) is 0. The smallest absolute Gasteiger partial charge is 0.235 e. The monoisotopic (exact) mass is 358 g/mol. The zero-order chi connectivity index (χ0) is 18.4. The number of rotatable bonds is 12. The molecule has 1 aromatic carbocycles. The molecule has 0 aliphatic rings. The maximum atomic E-state index is 12.1. The van der Waals surface area contributed by atoms with E-state index in [9.17, 15) is 4.79 Å². The van der Waals surface area contributed by atoms with Gasteiger partial charge in [-0.2, -0.15) is 0 Å². The fourth-order valence-corrected chi connectivity index (χ4v) is 7.61. The molecule has 0 spiro atoms. The molecule has 0 N–H and O–H groups in total. The molecular formula is C22H34O2Si. The molecule has 0 saturated carbocycles. The Morgan fingerprint density at radius 3 is 1.92 bits per heavy atom. The quantitative estimate of drug-likeness (QED) is 0.191. The topological polar surface area (TPSA) is 26.3 Å². The normalized spacial score (nSPS) is 11.0. The molecule has 0 atom stereocenters. The van der Waals surface area contributed by atoms with E-state index in [1.807, 2.05) is 18.2 Å². The fraction of sp³-hybridized carbons (Fsp3) is 0.591. The van der Waals surface area contributed by atoms with E-state index in [2.05, 4.69) is 32.6 Å². The van der Waals surface area contributed by atoms with Crippen molar-refractivity contribution in [1.29, 1.82) is 0 Å². The van der Waals surface area contributed by atoms with Gasteiger partial charge in [-0.05, 0) is 24.1 Å². The zero-order valence-electron chi connectivity index (χ0n) is 16.3. The second kappa shape index (κ2) is 12.9. The van der Waals surface area contributed by atoms with Crippen LogP contribution in [0.25, 0.3) is 0 Å². The van der Waals surface area contributed by atoms with E-state index in [1.165, 1.54) is 56.7 Å². The largest absolute Gasteiger partial charge is 0.406 e. The Labute approximate surface area is 155 Å². The Hall–Kier alpha value is -1.37. The van der Waals surface area contributed by atoms with Crippen LogP contribution in [0.15, 0.2) is 30.3 Å². The van der Waals surface area contributed by atoms with Crippen LogP contribution in [0.2, 0.25) is 18.1 Å². The van der Waals surface area contributed by atoms with Crippen molar-refractivity contribution in [2.24, 2.45) is 0 Å². The number of hydrogen-bond acceptors (Lipinski definition) is 2. The average Bonchev–Trinajstić information content (AvgIpc) is 2.66. The summed E-state index contributed by atoms with van der Waals surface area (Å²) >= 11 is 0. The van der Waals surface area contributed by atoms with Gasteiger partial charge in [-0.1, -0.05) is 95.5 Å². The molecule has 0 aliphatic heterocycles. The van der Waals surface area contributed by atoms with Gasteiger partial charge in [-0.25, -0.2) is 0 Å². The van der Waals surface area contributed by atoms with Crippen molar-refractivity contribution in [3.63, 3.8) is 0 Å². The van der Waals surface area contributed by atoms with Crippen LogP contribution in [-0.2, 0) is 4.43 Å². The first kappa shape index (κ1) is 21.7. The Kier molecular flexibility index (Phi) is 11.2.